The van der Waals surface area contributed by atoms with Crippen LogP contribution >= 0.6 is 11.3 Å². The summed E-state index contributed by atoms with van der Waals surface area (Å²) in [6.07, 6.45) is 0.686. The van der Waals surface area contributed by atoms with Crippen molar-refractivity contribution in [2.75, 3.05) is 32.7 Å². The first-order valence-electron chi connectivity index (χ1n) is 11.1. The van der Waals surface area contributed by atoms with Gasteiger partial charge in [0, 0.05) is 24.5 Å². The Labute approximate surface area is 199 Å². The Kier molecular flexibility index (Phi) is 7.60. The summed E-state index contributed by atoms with van der Waals surface area (Å²) in [4.78, 5) is 16.4. The van der Waals surface area contributed by atoms with Gasteiger partial charge in [-0.1, -0.05) is 54.1 Å². The van der Waals surface area contributed by atoms with E-state index in [2.05, 4.69) is 5.32 Å². The number of rotatable bonds is 7. The Morgan fingerprint density at radius 2 is 1.73 bits per heavy atom. The van der Waals surface area contributed by atoms with Gasteiger partial charge in [-0.25, -0.2) is 8.42 Å². The standard InChI is InChI=1S/C25H29N3O3S2/c1-20-10-12-22(13-11-20)33(30,31)28-15-6-14-27(16-17-28)19-24(29)26-25(23-9-5-18-32-23)21-7-3-2-4-8-21/h2-5,7-13,18,25H,6,14-17,19H2,1H3,(H,26,29)/t25-/m1/s1. The first kappa shape index (κ1) is 23.6. The lowest BCUT2D eigenvalue weighted by Gasteiger charge is -2.23. The molecule has 8 heteroatoms. The molecule has 0 saturated carbocycles. The lowest BCUT2D eigenvalue weighted by atomic mass is 10.1. The number of nitrogens with zero attached hydrogens (tertiary/aromatic N) is 2. The Balaban J connectivity index is 1.38. The largest absolute Gasteiger partial charge is 0.343 e. The SMILES string of the molecule is Cc1ccc(S(=O)(=O)N2CCCN(CC(=O)N[C@H](c3ccccc3)c3cccs3)CC2)cc1. The summed E-state index contributed by atoms with van der Waals surface area (Å²) in [6.45, 7) is 4.21. The Morgan fingerprint density at radius 3 is 2.42 bits per heavy atom. The number of amides is 1. The third-order valence-corrected chi connectivity index (χ3v) is 8.69. The Hall–Kier alpha value is -2.52. The van der Waals surface area contributed by atoms with Gasteiger partial charge in [0.05, 0.1) is 17.5 Å². The molecule has 1 atom stereocenters. The lowest BCUT2D eigenvalue weighted by molar-refractivity contribution is -0.122. The zero-order chi connectivity index (χ0) is 23.3. The molecule has 0 bridgehead atoms. The van der Waals surface area contributed by atoms with Crippen LogP contribution in [-0.2, 0) is 14.8 Å². The summed E-state index contributed by atoms with van der Waals surface area (Å²) in [5.74, 6) is -0.0629. The highest BCUT2D eigenvalue weighted by Gasteiger charge is 2.28. The summed E-state index contributed by atoms with van der Waals surface area (Å²) < 4.78 is 27.6. The topological polar surface area (TPSA) is 69.7 Å². The second-order valence-electron chi connectivity index (χ2n) is 8.27. The van der Waals surface area contributed by atoms with Crippen LogP contribution in [-0.4, -0.2) is 56.3 Å². The molecule has 1 aromatic heterocycles. The molecule has 1 amide bonds. The van der Waals surface area contributed by atoms with Crippen LogP contribution in [0.4, 0.5) is 0 Å². The van der Waals surface area contributed by atoms with Crippen LogP contribution in [0.1, 0.15) is 28.5 Å². The molecule has 2 aromatic carbocycles. The predicted molar refractivity (Wildman–Crippen MR) is 132 cm³/mol. The van der Waals surface area contributed by atoms with E-state index in [1.807, 2.05) is 71.8 Å². The minimum atomic E-state index is -3.53. The van der Waals surface area contributed by atoms with Gasteiger partial charge in [-0.3, -0.25) is 9.69 Å². The first-order chi connectivity index (χ1) is 15.9. The molecule has 1 aliphatic rings. The number of aryl methyl sites for hydroxylation is 1. The van der Waals surface area contributed by atoms with Crippen molar-refractivity contribution in [3.8, 4) is 0 Å². The number of benzene rings is 2. The molecule has 0 unspecified atom stereocenters. The van der Waals surface area contributed by atoms with E-state index in [4.69, 9.17) is 0 Å². The van der Waals surface area contributed by atoms with Crippen molar-refractivity contribution in [1.82, 2.24) is 14.5 Å². The number of sulfonamides is 1. The van der Waals surface area contributed by atoms with Crippen LogP contribution in [0.25, 0.3) is 0 Å². The van der Waals surface area contributed by atoms with E-state index in [9.17, 15) is 13.2 Å². The second kappa shape index (κ2) is 10.6. The maximum absolute atomic E-state index is 13.0. The van der Waals surface area contributed by atoms with Crippen molar-refractivity contribution in [1.29, 1.82) is 0 Å². The van der Waals surface area contributed by atoms with Gasteiger partial charge in [-0.15, -0.1) is 11.3 Å². The minimum Gasteiger partial charge on any atom is -0.343 e. The van der Waals surface area contributed by atoms with Gasteiger partial charge < -0.3 is 5.32 Å². The minimum absolute atomic E-state index is 0.0629. The molecular formula is C25H29N3O3S2. The van der Waals surface area contributed by atoms with Gasteiger partial charge in [-0.2, -0.15) is 4.31 Å². The quantitative estimate of drug-likeness (QED) is 0.557. The summed E-state index contributed by atoms with van der Waals surface area (Å²) in [7, 11) is -3.53. The van der Waals surface area contributed by atoms with Gasteiger partial charge in [0.15, 0.2) is 0 Å². The van der Waals surface area contributed by atoms with E-state index in [1.54, 1.807) is 23.5 Å². The smallest absolute Gasteiger partial charge is 0.243 e. The highest BCUT2D eigenvalue weighted by atomic mass is 32.2. The van der Waals surface area contributed by atoms with Gasteiger partial charge >= 0.3 is 0 Å². The zero-order valence-corrected chi connectivity index (χ0v) is 20.3. The molecule has 33 heavy (non-hydrogen) atoms. The average molecular weight is 484 g/mol. The average Bonchev–Trinajstić information content (AvgIpc) is 3.24. The number of thiophene rings is 1. The molecule has 1 aliphatic heterocycles. The van der Waals surface area contributed by atoms with Crippen molar-refractivity contribution >= 4 is 27.3 Å². The maximum atomic E-state index is 13.0. The third-order valence-electron chi connectivity index (χ3n) is 5.84. The fourth-order valence-corrected chi connectivity index (χ4v) is 6.31. The van der Waals surface area contributed by atoms with Crippen LogP contribution in [0, 0.1) is 6.92 Å². The second-order valence-corrected chi connectivity index (χ2v) is 11.2. The fourth-order valence-electron chi connectivity index (χ4n) is 4.03. The zero-order valence-electron chi connectivity index (χ0n) is 18.7. The van der Waals surface area contributed by atoms with Crippen molar-refractivity contribution in [2.24, 2.45) is 0 Å². The number of hydrogen-bond acceptors (Lipinski definition) is 5. The van der Waals surface area contributed by atoms with Crippen molar-refractivity contribution in [3.05, 3.63) is 88.1 Å². The molecule has 2 heterocycles. The summed E-state index contributed by atoms with van der Waals surface area (Å²) in [6, 6.07) is 20.7. The highest BCUT2D eigenvalue weighted by Crippen LogP contribution is 2.26. The number of hydrogen-bond donors (Lipinski definition) is 1. The van der Waals surface area contributed by atoms with E-state index in [1.165, 1.54) is 4.31 Å². The summed E-state index contributed by atoms with van der Waals surface area (Å²) in [5.41, 5.74) is 2.07. The molecule has 174 valence electrons. The number of carbonyl (C=O) groups excluding carboxylic acids is 1. The van der Waals surface area contributed by atoms with Gasteiger partial charge in [0.2, 0.25) is 15.9 Å². The molecule has 1 N–H and O–H groups in total. The normalized spacial score (nSPS) is 16.8. The third kappa shape index (κ3) is 5.89. The van der Waals surface area contributed by atoms with Crippen molar-refractivity contribution < 1.29 is 13.2 Å². The fraction of sp³-hybridized carbons (Fsp3) is 0.320. The van der Waals surface area contributed by atoms with E-state index in [-0.39, 0.29) is 18.5 Å². The lowest BCUT2D eigenvalue weighted by Crippen LogP contribution is -2.41. The molecule has 6 nitrogen and oxygen atoms in total. The van der Waals surface area contributed by atoms with Crippen molar-refractivity contribution in [2.45, 2.75) is 24.3 Å². The van der Waals surface area contributed by atoms with Crippen LogP contribution in [0.15, 0.2) is 77.0 Å². The molecule has 0 spiro atoms. The van der Waals surface area contributed by atoms with Crippen LogP contribution in [0.5, 0.6) is 0 Å². The molecule has 0 radical (unpaired) electrons. The maximum Gasteiger partial charge on any atom is 0.243 e. The molecule has 4 rings (SSSR count). The number of carbonyl (C=O) groups is 1. The van der Waals surface area contributed by atoms with Gasteiger partial charge in [0.1, 0.15) is 0 Å². The molecule has 1 fully saturated rings. The highest BCUT2D eigenvalue weighted by molar-refractivity contribution is 7.89. The van der Waals surface area contributed by atoms with Gasteiger partial charge in [0.25, 0.3) is 0 Å². The van der Waals surface area contributed by atoms with Crippen molar-refractivity contribution in [3.63, 3.8) is 0 Å². The predicted octanol–water partition coefficient (Wildman–Crippen LogP) is 3.66. The van der Waals surface area contributed by atoms with E-state index in [0.717, 1.165) is 16.0 Å². The monoisotopic (exact) mass is 483 g/mol. The molecular weight excluding hydrogens is 454 g/mol. The first-order valence-corrected chi connectivity index (χ1v) is 13.4. The number of nitrogens with one attached hydrogen (secondary N) is 1. The van der Waals surface area contributed by atoms with E-state index in [0.29, 0.717) is 37.5 Å². The summed E-state index contributed by atoms with van der Waals surface area (Å²) in [5, 5.41) is 5.18. The van der Waals surface area contributed by atoms with Crippen LogP contribution < -0.4 is 5.32 Å². The Morgan fingerprint density at radius 1 is 0.970 bits per heavy atom. The molecule has 0 aliphatic carbocycles. The van der Waals surface area contributed by atoms with E-state index >= 15 is 0 Å². The molecule has 1 saturated heterocycles. The van der Waals surface area contributed by atoms with Crippen LogP contribution in [0.2, 0.25) is 0 Å². The summed E-state index contributed by atoms with van der Waals surface area (Å²) >= 11 is 1.62. The van der Waals surface area contributed by atoms with Crippen LogP contribution in [0.3, 0.4) is 0 Å². The van der Waals surface area contributed by atoms with Gasteiger partial charge in [-0.05, 0) is 49.0 Å². The molecule has 3 aromatic rings. The Bertz CT molecular complexity index is 1150. The van der Waals surface area contributed by atoms with E-state index < -0.39 is 10.0 Å².